The van der Waals surface area contributed by atoms with Crippen molar-refractivity contribution in [1.82, 2.24) is 0 Å². The van der Waals surface area contributed by atoms with Crippen molar-refractivity contribution in [2.45, 2.75) is 25.7 Å². The Labute approximate surface area is 74.2 Å². The van der Waals surface area contributed by atoms with Crippen LogP contribution in [0.25, 0.3) is 0 Å². The average Bonchev–Trinajstić information content (AvgIpc) is 2.25. The molecule has 1 rings (SSSR count). The molecule has 0 aromatic rings. The lowest BCUT2D eigenvalue weighted by Gasteiger charge is -2.20. The summed E-state index contributed by atoms with van der Waals surface area (Å²) in [6.45, 7) is 2.62. The number of nitrogens with zero attached hydrogens (tertiary/aromatic N) is 2. The number of ether oxygens (including phenoxy) is 1. The van der Waals surface area contributed by atoms with Crippen molar-refractivity contribution in [1.29, 1.82) is 0 Å². The zero-order valence-electron chi connectivity index (χ0n) is 7.51. The van der Waals surface area contributed by atoms with Crippen LogP contribution in [0, 0.1) is 15.3 Å². The lowest BCUT2D eigenvalue weighted by molar-refractivity contribution is -0.825. The molecule has 1 unspecified atom stereocenters. The summed E-state index contributed by atoms with van der Waals surface area (Å²) in [6, 6.07) is 0. The van der Waals surface area contributed by atoms with Gasteiger partial charge in [0.15, 0.2) is 0 Å². The van der Waals surface area contributed by atoms with E-state index < -0.39 is 16.8 Å². The van der Waals surface area contributed by atoms with Gasteiger partial charge in [-0.25, -0.2) is 0 Å². The molecule has 0 spiro atoms. The fraction of sp³-hybridized carbons (Fsp3) is 0.833. The summed E-state index contributed by atoms with van der Waals surface area (Å²) in [7, 11) is 1.29. The molecule has 0 amide bonds. The van der Waals surface area contributed by atoms with Crippen LogP contribution in [-0.4, -0.2) is 34.5 Å². The molecule has 0 aromatic heterocycles. The predicted molar refractivity (Wildman–Crippen MR) is 41.6 cm³/mol. The highest BCUT2D eigenvalue weighted by atomic mass is 16.9. The van der Waals surface area contributed by atoms with Gasteiger partial charge in [-0.1, -0.05) is 0 Å². The summed E-state index contributed by atoms with van der Waals surface area (Å²) in [5, 5.41) is 21.5. The van der Waals surface area contributed by atoms with Gasteiger partial charge in [-0.3, -0.25) is 15.3 Å². The Morgan fingerprint density at radius 2 is 2.31 bits per heavy atom. The van der Waals surface area contributed by atoms with E-state index in [9.17, 15) is 15.3 Å². The third-order valence-corrected chi connectivity index (χ3v) is 2.02. The summed E-state index contributed by atoms with van der Waals surface area (Å²) >= 11 is 0. The number of hydrogen-bond acceptors (Lipinski definition) is 5. The first-order valence-electron chi connectivity index (χ1n) is 3.60. The number of rotatable bonds is 2. The molecule has 2 atom stereocenters. The Morgan fingerprint density at radius 3 is 2.62 bits per heavy atom. The minimum atomic E-state index is -1.82. The number of nitro groups is 1. The summed E-state index contributed by atoms with van der Waals surface area (Å²) in [5.41, 5.74) is -1.68. The highest BCUT2D eigenvalue weighted by Crippen LogP contribution is 2.25. The van der Waals surface area contributed by atoms with Crippen molar-refractivity contribution < 1.29 is 19.4 Å². The third-order valence-electron chi connectivity index (χ3n) is 2.02. The molecule has 0 aromatic carbocycles. The van der Waals surface area contributed by atoms with Crippen molar-refractivity contribution >= 4 is 5.71 Å². The van der Waals surface area contributed by atoms with E-state index in [1.807, 2.05) is 0 Å². The van der Waals surface area contributed by atoms with E-state index in [-0.39, 0.29) is 10.6 Å². The fourth-order valence-corrected chi connectivity index (χ4v) is 1.29. The smallest absolute Gasteiger partial charge is 0.361 e. The molecule has 0 saturated heterocycles. The van der Waals surface area contributed by atoms with Crippen LogP contribution in [0.1, 0.15) is 13.8 Å². The van der Waals surface area contributed by atoms with Crippen LogP contribution < -0.4 is 0 Å². The van der Waals surface area contributed by atoms with Crippen molar-refractivity contribution in [2.24, 2.45) is 0 Å². The van der Waals surface area contributed by atoms with Crippen LogP contribution in [0.5, 0.6) is 0 Å². The largest absolute Gasteiger partial charge is 0.363 e. The van der Waals surface area contributed by atoms with E-state index >= 15 is 0 Å². The second-order valence-electron chi connectivity index (χ2n) is 2.92. The molecule has 0 fully saturated rings. The van der Waals surface area contributed by atoms with Crippen molar-refractivity contribution in [3.05, 3.63) is 15.3 Å². The van der Waals surface area contributed by atoms with Crippen LogP contribution in [0.2, 0.25) is 0 Å². The Morgan fingerprint density at radius 1 is 1.77 bits per heavy atom. The molecule has 1 aliphatic heterocycles. The molecule has 7 heteroatoms. The SMILES string of the molecule is COC1C(C)=[N+]([O-])O[C@]1(C)[N+](=O)[O-]. The molecule has 1 aliphatic rings. The molecule has 74 valence electrons. The zero-order chi connectivity index (χ0) is 10.2. The summed E-state index contributed by atoms with van der Waals surface area (Å²) < 4.78 is 4.83. The van der Waals surface area contributed by atoms with Crippen LogP contribution in [0.4, 0.5) is 0 Å². The van der Waals surface area contributed by atoms with E-state index in [1.165, 1.54) is 21.0 Å². The third kappa shape index (κ3) is 1.21. The maximum Gasteiger partial charge on any atom is 0.361 e. The van der Waals surface area contributed by atoms with Crippen LogP contribution in [-0.2, 0) is 9.57 Å². The molecule has 0 aliphatic carbocycles. The quantitative estimate of drug-likeness (QED) is 0.345. The maximum absolute atomic E-state index is 10.9. The lowest BCUT2D eigenvalue weighted by Crippen LogP contribution is -2.48. The summed E-state index contributed by atoms with van der Waals surface area (Å²) in [6.07, 6.45) is -0.944. The second-order valence-corrected chi connectivity index (χ2v) is 2.92. The molecule has 0 bridgehead atoms. The minimum Gasteiger partial charge on any atom is -0.363 e. The Kier molecular flexibility index (Phi) is 2.12. The Balaban J connectivity index is 3.03. The van der Waals surface area contributed by atoms with Gasteiger partial charge >= 0.3 is 5.72 Å². The molecular weight excluding hydrogens is 180 g/mol. The van der Waals surface area contributed by atoms with Crippen LogP contribution >= 0.6 is 0 Å². The van der Waals surface area contributed by atoms with Crippen LogP contribution in [0.15, 0.2) is 0 Å². The first-order chi connectivity index (χ1) is 5.93. The Bertz CT molecular complexity index is 276. The molecule has 0 N–H and O–H groups in total. The number of hydrogen-bond donors (Lipinski definition) is 0. The van der Waals surface area contributed by atoms with Gasteiger partial charge in [0.1, 0.15) is 0 Å². The molecule has 1 heterocycles. The van der Waals surface area contributed by atoms with Gasteiger partial charge < -0.3 is 9.57 Å². The van der Waals surface area contributed by atoms with E-state index in [0.29, 0.717) is 0 Å². The van der Waals surface area contributed by atoms with Gasteiger partial charge in [-0.2, -0.15) is 0 Å². The minimum absolute atomic E-state index is 0.122. The fourth-order valence-electron chi connectivity index (χ4n) is 1.29. The maximum atomic E-state index is 10.9. The van der Waals surface area contributed by atoms with Gasteiger partial charge in [0.2, 0.25) is 6.10 Å². The standard InChI is InChI=1S/C6H10N2O5/c1-4-5(12-3)6(2,8(10)11)13-7(4)9/h5H,1-3H3/t5?,6-/m0/s1. The average molecular weight is 190 g/mol. The first kappa shape index (κ1) is 9.72. The molecule has 0 saturated carbocycles. The van der Waals surface area contributed by atoms with Crippen molar-refractivity contribution in [3.63, 3.8) is 0 Å². The molecule has 7 nitrogen and oxygen atoms in total. The van der Waals surface area contributed by atoms with Gasteiger partial charge in [0, 0.05) is 30.8 Å². The van der Waals surface area contributed by atoms with E-state index in [2.05, 4.69) is 4.84 Å². The Hall–Kier alpha value is -1.37. The van der Waals surface area contributed by atoms with Gasteiger partial charge in [-0.15, -0.1) is 0 Å². The highest BCUT2D eigenvalue weighted by Gasteiger charge is 2.57. The second kappa shape index (κ2) is 2.84. The lowest BCUT2D eigenvalue weighted by atomic mass is 10.1. The topological polar surface area (TPSA) is 87.7 Å². The van der Waals surface area contributed by atoms with Crippen molar-refractivity contribution in [3.8, 4) is 0 Å². The summed E-state index contributed by atoms with van der Waals surface area (Å²) in [4.78, 5) is 14.6. The van der Waals surface area contributed by atoms with Gasteiger partial charge in [-0.05, 0) is 0 Å². The molecule has 13 heavy (non-hydrogen) atoms. The normalized spacial score (nSPS) is 33.3. The summed E-state index contributed by atoms with van der Waals surface area (Å²) in [5.74, 6) is 0. The van der Waals surface area contributed by atoms with Crippen LogP contribution in [0.3, 0.4) is 0 Å². The molecular formula is C6H10N2O5. The first-order valence-corrected chi connectivity index (χ1v) is 3.60. The predicted octanol–water partition coefficient (Wildman–Crippen LogP) is -0.0893. The van der Waals surface area contributed by atoms with E-state index in [0.717, 1.165) is 0 Å². The zero-order valence-corrected chi connectivity index (χ0v) is 7.51. The highest BCUT2D eigenvalue weighted by molar-refractivity contribution is 5.83. The molecule has 0 radical (unpaired) electrons. The van der Waals surface area contributed by atoms with E-state index in [1.54, 1.807) is 0 Å². The number of methoxy groups -OCH3 is 1. The van der Waals surface area contributed by atoms with Gasteiger partial charge in [0.25, 0.3) is 5.71 Å². The van der Waals surface area contributed by atoms with Crippen molar-refractivity contribution in [2.75, 3.05) is 7.11 Å². The monoisotopic (exact) mass is 190 g/mol. The van der Waals surface area contributed by atoms with Gasteiger partial charge in [0.05, 0.1) is 0 Å². The van der Waals surface area contributed by atoms with E-state index in [4.69, 9.17) is 4.74 Å².